The molecule has 0 radical (unpaired) electrons. The van der Waals surface area contributed by atoms with Gasteiger partial charge in [-0.15, -0.1) is 0 Å². The Labute approximate surface area is 110 Å². The quantitative estimate of drug-likeness (QED) is 0.500. The third-order valence-electron chi connectivity index (χ3n) is 2.54. The standard InChI is InChI=1S/C13H13N3O3/c1-19-13-7-11(6-12(8-13)16(17)18)15-10-4-2-9(14)3-5-10/h2-8,15H,14H2,1H3. The molecule has 0 aliphatic rings. The van der Waals surface area contributed by atoms with Crippen molar-refractivity contribution in [1.82, 2.24) is 0 Å². The van der Waals surface area contributed by atoms with Gasteiger partial charge in [0.1, 0.15) is 5.75 Å². The molecule has 0 saturated heterocycles. The van der Waals surface area contributed by atoms with Crippen LogP contribution in [0.5, 0.6) is 5.75 Å². The molecule has 0 spiro atoms. The van der Waals surface area contributed by atoms with Gasteiger partial charge in [0.05, 0.1) is 18.1 Å². The zero-order valence-electron chi connectivity index (χ0n) is 10.3. The number of hydrogen-bond donors (Lipinski definition) is 2. The summed E-state index contributed by atoms with van der Waals surface area (Å²) in [5, 5.41) is 13.9. The van der Waals surface area contributed by atoms with Crippen LogP contribution in [0.15, 0.2) is 42.5 Å². The lowest BCUT2D eigenvalue weighted by molar-refractivity contribution is -0.384. The molecule has 2 aromatic carbocycles. The number of rotatable bonds is 4. The Morgan fingerprint density at radius 2 is 1.84 bits per heavy atom. The van der Waals surface area contributed by atoms with E-state index < -0.39 is 4.92 Å². The summed E-state index contributed by atoms with van der Waals surface area (Å²) in [6.45, 7) is 0. The zero-order chi connectivity index (χ0) is 13.8. The van der Waals surface area contributed by atoms with Gasteiger partial charge in [0.2, 0.25) is 0 Å². The van der Waals surface area contributed by atoms with Gasteiger partial charge in [-0.25, -0.2) is 0 Å². The number of nitro benzene ring substituents is 1. The van der Waals surface area contributed by atoms with Crippen molar-refractivity contribution in [3.05, 3.63) is 52.6 Å². The Morgan fingerprint density at radius 1 is 1.16 bits per heavy atom. The fourth-order valence-corrected chi connectivity index (χ4v) is 1.61. The Balaban J connectivity index is 2.31. The van der Waals surface area contributed by atoms with Crippen LogP contribution in [0.1, 0.15) is 0 Å². The summed E-state index contributed by atoms with van der Waals surface area (Å²) in [4.78, 5) is 10.4. The highest BCUT2D eigenvalue weighted by Gasteiger charge is 2.10. The second kappa shape index (κ2) is 5.26. The largest absolute Gasteiger partial charge is 0.496 e. The Kier molecular flexibility index (Phi) is 3.51. The molecule has 2 aromatic rings. The first-order valence-corrected chi connectivity index (χ1v) is 5.54. The number of nitrogen functional groups attached to an aromatic ring is 1. The molecule has 2 rings (SSSR count). The molecular weight excluding hydrogens is 246 g/mol. The molecule has 0 aliphatic heterocycles. The third-order valence-corrected chi connectivity index (χ3v) is 2.54. The average molecular weight is 259 g/mol. The van der Waals surface area contributed by atoms with E-state index in [0.29, 0.717) is 17.1 Å². The lowest BCUT2D eigenvalue weighted by Gasteiger charge is -2.08. The van der Waals surface area contributed by atoms with Gasteiger partial charge in [0.25, 0.3) is 5.69 Å². The highest BCUT2D eigenvalue weighted by Crippen LogP contribution is 2.28. The predicted octanol–water partition coefficient (Wildman–Crippen LogP) is 2.93. The van der Waals surface area contributed by atoms with Crippen molar-refractivity contribution in [3.63, 3.8) is 0 Å². The number of benzene rings is 2. The number of hydrogen-bond acceptors (Lipinski definition) is 5. The summed E-state index contributed by atoms with van der Waals surface area (Å²) >= 11 is 0. The van der Waals surface area contributed by atoms with Crippen LogP contribution in [0.2, 0.25) is 0 Å². The molecule has 0 saturated carbocycles. The van der Waals surface area contributed by atoms with Crippen LogP contribution >= 0.6 is 0 Å². The van der Waals surface area contributed by atoms with E-state index in [2.05, 4.69) is 5.32 Å². The summed E-state index contributed by atoms with van der Waals surface area (Å²) in [7, 11) is 1.46. The molecular formula is C13H13N3O3. The molecule has 0 bridgehead atoms. The number of nitrogens with one attached hydrogen (secondary N) is 1. The fourth-order valence-electron chi connectivity index (χ4n) is 1.61. The summed E-state index contributed by atoms with van der Waals surface area (Å²) in [6.07, 6.45) is 0. The summed E-state index contributed by atoms with van der Waals surface area (Å²) < 4.78 is 5.04. The SMILES string of the molecule is COc1cc(Nc2ccc(N)cc2)cc([N+](=O)[O-])c1. The van der Waals surface area contributed by atoms with E-state index in [1.807, 2.05) is 0 Å². The molecule has 0 amide bonds. The van der Waals surface area contributed by atoms with E-state index in [9.17, 15) is 10.1 Å². The third kappa shape index (κ3) is 3.12. The lowest BCUT2D eigenvalue weighted by Crippen LogP contribution is -1.95. The first kappa shape index (κ1) is 12.7. The van der Waals surface area contributed by atoms with Crippen molar-refractivity contribution < 1.29 is 9.66 Å². The van der Waals surface area contributed by atoms with Gasteiger partial charge >= 0.3 is 0 Å². The highest BCUT2D eigenvalue weighted by atomic mass is 16.6. The van der Waals surface area contributed by atoms with Crippen LogP contribution in [0, 0.1) is 10.1 Å². The molecule has 98 valence electrons. The van der Waals surface area contributed by atoms with Crippen LogP contribution in [0.3, 0.4) is 0 Å². The van der Waals surface area contributed by atoms with Gasteiger partial charge in [-0.2, -0.15) is 0 Å². The number of anilines is 3. The monoisotopic (exact) mass is 259 g/mol. The first-order valence-electron chi connectivity index (χ1n) is 5.54. The van der Waals surface area contributed by atoms with E-state index >= 15 is 0 Å². The molecule has 0 aliphatic carbocycles. The molecule has 6 heteroatoms. The molecule has 3 N–H and O–H groups in total. The van der Waals surface area contributed by atoms with Gasteiger partial charge in [0.15, 0.2) is 0 Å². The number of methoxy groups -OCH3 is 1. The second-order valence-corrected chi connectivity index (χ2v) is 3.92. The minimum atomic E-state index is -0.462. The van der Waals surface area contributed by atoms with Crippen molar-refractivity contribution in [2.45, 2.75) is 0 Å². The summed E-state index contributed by atoms with van der Waals surface area (Å²) in [5.41, 5.74) is 7.59. The van der Waals surface area contributed by atoms with Crippen LogP contribution in [0.25, 0.3) is 0 Å². The Morgan fingerprint density at radius 3 is 2.42 bits per heavy atom. The molecule has 0 heterocycles. The van der Waals surface area contributed by atoms with E-state index in [4.69, 9.17) is 10.5 Å². The maximum atomic E-state index is 10.8. The second-order valence-electron chi connectivity index (χ2n) is 3.92. The van der Waals surface area contributed by atoms with Gasteiger partial charge < -0.3 is 15.8 Å². The van der Waals surface area contributed by atoms with E-state index in [1.165, 1.54) is 19.2 Å². The van der Waals surface area contributed by atoms with Crippen molar-refractivity contribution in [2.24, 2.45) is 0 Å². The fraction of sp³-hybridized carbons (Fsp3) is 0.0769. The molecule has 0 aromatic heterocycles. The van der Waals surface area contributed by atoms with E-state index in [0.717, 1.165) is 5.69 Å². The number of nitro groups is 1. The molecule has 19 heavy (non-hydrogen) atoms. The van der Waals surface area contributed by atoms with Crippen LogP contribution in [-0.2, 0) is 0 Å². The normalized spacial score (nSPS) is 9.95. The van der Waals surface area contributed by atoms with Crippen molar-refractivity contribution in [2.75, 3.05) is 18.2 Å². The first-order chi connectivity index (χ1) is 9.08. The van der Waals surface area contributed by atoms with Crippen LogP contribution in [-0.4, -0.2) is 12.0 Å². The maximum absolute atomic E-state index is 10.8. The predicted molar refractivity (Wildman–Crippen MR) is 73.8 cm³/mol. The van der Waals surface area contributed by atoms with Crippen LogP contribution in [0.4, 0.5) is 22.7 Å². The minimum Gasteiger partial charge on any atom is -0.496 e. The number of nitrogens with two attached hydrogens (primary N) is 1. The smallest absolute Gasteiger partial charge is 0.275 e. The molecule has 0 fully saturated rings. The summed E-state index contributed by atoms with van der Waals surface area (Å²) in [6, 6.07) is 11.6. The Bertz CT molecular complexity index is 597. The zero-order valence-corrected chi connectivity index (χ0v) is 10.3. The van der Waals surface area contributed by atoms with Gasteiger partial charge in [-0.3, -0.25) is 10.1 Å². The topological polar surface area (TPSA) is 90.4 Å². The highest BCUT2D eigenvalue weighted by molar-refractivity contribution is 5.65. The maximum Gasteiger partial charge on any atom is 0.275 e. The van der Waals surface area contributed by atoms with Gasteiger partial charge in [-0.1, -0.05) is 0 Å². The number of ether oxygens (including phenoxy) is 1. The minimum absolute atomic E-state index is 0.0303. The van der Waals surface area contributed by atoms with Gasteiger partial charge in [0, 0.05) is 29.2 Å². The Hall–Kier alpha value is -2.76. The number of nitrogens with zero attached hydrogens (tertiary/aromatic N) is 1. The van der Waals surface area contributed by atoms with Crippen molar-refractivity contribution >= 4 is 22.7 Å². The van der Waals surface area contributed by atoms with Crippen molar-refractivity contribution in [3.8, 4) is 5.75 Å². The van der Waals surface area contributed by atoms with E-state index in [1.54, 1.807) is 30.3 Å². The summed E-state index contributed by atoms with van der Waals surface area (Å²) in [5.74, 6) is 0.423. The molecule has 6 nitrogen and oxygen atoms in total. The van der Waals surface area contributed by atoms with E-state index in [-0.39, 0.29) is 5.69 Å². The van der Waals surface area contributed by atoms with Crippen LogP contribution < -0.4 is 15.8 Å². The average Bonchev–Trinajstić information content (AvgIpc) is 2.41. The lowest BCUT2D eigenvalue weighted by atomic mass is 10.2. The molecule has 0 atom stereocenters. The number of non-ortho nitro benzene ring substituents is 1. The van der Waals surface area contributed by atoms with Gasteiger partial charge in [-0.05, 0) is 24.3 Å². The molecule has 0 unspecified atom stereocenters. The van der Waals surface area contributed by atoms with Crippen molar-refractivity contribution in [1.29, 1.82) is 0 Å².